The molecule has 0 unspecified atom stereocenters. The van der Waals surface area contributed by atoms with Gasteiger partial charge in [-0.3, -0.25) is 0 Å². The van der Waals surface area contributed by atoms with Crippen LogP contribution in [0.1, 0.15) is 5.56 Å². The molecule has 0 aliphatic heterocycles. The molecule has 0 saturated heterocycles. The molecular weight excluding hydrogens is 414 g/mol. The molecule has 3 aromatic carbocycles. The summed E-state index contributed by atoms with van der Waals surface area (Å²) in [6.07, 6.45) is 0. The third-order valence-corrected chi connectivity index (χ3v) is 5.86. The maximum absolute atomic E-state index is 5.53. The molecule has 6 rings (SSSR count). The fraction of sp³-hybridized carbons (Fsp3) is 0.0385. The summed E-state index contributed by atoms with van der Waals surface area (Å²) in [6.45, 7) is 2.10. The Hall–Kier alpha value is -4.03. The van der Waals surface area contributed by atoms with Crippen LogP contribution in [0.4, 0.5) is 0 Å². The minimum absolute atomic E-state index is 0.416. The normalized spacial score (nSPS) is 11.4. The predicted octanol–water partition coefficient (Wildman–Crippen LogP) is 6.81. The SMILES string of the molecule is Cc1ccc2[nH]c(-c3ccccc3)c(-c3cc(-c4nc5ccccc5[nH]4)[nH]c(=S)n3)c2c1. The van der Waals surface area contributed by atoms with Crippen molar-refractivity contribution in [3.63, 3.8) is 0 Å². The zero-order valence-electron chi connectivity index (χ0n) is 17.3. The van der Waals surface area contributed by atoms with Gasteiger partial charge in [-0.15, -0.1) is 0 Å². The van der Waals surface area contributed by atoms with Crippen molar-refractivity contribution in [3.8, 4) is 34.0 Å². The summed E-state index contributed by atoms with van der Waals surface area (Å²) in [5, 5.41) is 1.12. The first-order chi connectivity index (χ1) is 15.7. The first-order valence-electron chi connectivity index (χ1n) is 10.4. The average Bonchev–Trinajstić information content (AvgIpc) is 3.41. The fourth-order valence-corrected chi connectivity index (χ4v) is 4.40. The molecule has 32 heavy (non-hydrogen) atoms. The van der Waals surface area contributed by atoms with Crippen molar-refractivity contribution >= 4 is 34.2 Å². The van der Waals surface area contributed by atoms with Crippen LogP contribution < -0.4 is 0 Å². The third kappa shape index (κ3) is 3.13. The van der Waals surface area contributed by atoms with Gasteiger partial charge in [0.2, 0.25) is 0 Å². The molecule has 6 aromatic rings. The van der Waals surface area contributed by atoms with Gasteiger partial charge in [0.25, 0.3) is 0 Å². The molecule has 0 saturated carbocycles. The molecule has 154 valence electrons. The lowest BCUT2D eigenvalue weighted by Gasteiger charge is -2.07. The van der Waals surface area contributed by atoms with Gasteiger partial charge in [-0.1, -0.05) is 54.1 Å². The van der Waals surface area contributed by atoms with E-state index in [1.165, 1.54) is 5.56 Å². The number of benzene rings is 3. The number of aryl methyl sites for hydroxylation is 1. The van der Waals surface area contributed by atoms with Gasteiger partial charge in [0.05, 0.1) is 28.1 Å². The monoisotopic (exact) mass is 433 g/mol. The van der Waals surface area contributed by atoms with Gasteiger partial charge in [0.15, 0.2) is 10.6 Å². The molecule has 3 heterocycles. The predicted molar refractivity (Wildman–Crippen MR) is 132 cm³/mol. The molecule has 3 aromatic heterocycles. The van der Waals surface area contributed by atoms with E-state index in [1.807, 2.05) is 48.5 Å². The first-order valence-corrected chi connectivity index (χ1v) is 10.8. The van der Waals surface area contributed by atoms with Gasteiger partial charge < -0.3 is 15.0 Å². The highest BCUT2D eigenvalue weighted by atomic mass is 32.1. The lowest BCUT2D eigenvalue weighted by molar-refractivity contribution is 1.12. The second-order valence-electron chi connectivity index (χ2n) is 7.88. The van der Waals surface area contributed by atoms with Gasteiger partial charge in [0, 0.05) is 16.5 Å². The van der Waals surface area contributed by atoms with E-state index in [4.69, 9.17) is 22.2 Å². The Kier molecular flexibility index (Phi) is 4.26. The highest BCUT2D eigenvalue weighted by Crippen LogP contribution is 2.38. The summed E-state index contributed by atoms with van der Waals surface area (Å²) < 4.78 is 0.416. The van der Waals surface area contributed by atoms with Crippen molar-refractivity contribution in [3.05, 3.63) is 89.2 Å². The van der Waals surface area contributed by atoms with Crippen LogP contribution in [0.3, 0.4) is 0 Å². The Balaban J connectivity index is 1.62. The summed E-state index contributed by atoms with van der Waals surface area (Å²) in [6, 6.07) is 26.7. The van der Waals surface area contributed by atoms with Crippen LogP contribution in [0.25, 0.3) is 56.0 Å². The number of fused-ring (bicyclic) bond motifs is 2. The van der Waals surface area contributed by atoms with Crippen LogP contribution in [0.15, 0.2) is 78.9 Å². The molecule has 0 aliphatic rings. The van der Waals surface area contributed by atoms with Gasteiger partial charge in [0.1, 0.15) is 0 Å². The molecule has 0 atom stereocenters. The van der Waals surface area contributed by atoms with E-state index in [2.05, 4.69) is 52.2 Å². The van der Waals surface area contributed by atoms with E-state index in [0.717, 1.165) is 56.0 Å². The van der Waals surface area contributed by atoms with E-state index in [-0.39, 0.29) is 0 Å². The summed E-state index contributed by atoms with van der Waals surface area (Å²) in [5.74, 6) is 0.734. The third-order valence-electron chi connectivity index (χ3n) is 5.66. The quantitative estimate of drug-likeness (QED) is 0.269. The lowest BCUT2D eigenvalue weighted by Crippen LogP contribution is -1.94. The van der Waals surface area contributed by atoms with Crippen LogP contribution in [0.2, 0.25) is 0 Å². The molecule has 3 N–H and O–H groups in total. The van der Waals surface area contributed by atoms with Crippen LogP contribution in [-0.4, -0.2) is 24.9 Å². The van der Waals surface area contributed by atoms with Crippen molar-refractivity contribution in [1.82, 2.24) is 24.9 Å². The van der Waals surface area contributed by atoms with E-state index in [1.54, 1.807) is 0 Å². The smallest absolute Gasteiger partial charge is 0.197 e. The molecule has 6 heteroatoms. The summed E-state index contributed by atoms with van der Waals surface area (Å²) in [5.41, 5.74) is 8.91. The maximum Gasteiger partial charge on any atom is 0.197 e. The zero-order chi connectivity index (χ0) is 21.7. The Morgan fingerprint density at radius 1 is 0.750 bits per heavy atom. The topological polar surface area (TPSA) is 73.2 Å². The molecule has 5 nitrogen and oxygen atoms in total. The highest BCUT2D eigenvalue weighted by Gasteiger charge is 2.18. The van der Waals surface area contributed by atoms with Gasteiger partial charge in [-0.25, -0.2) is 9.97 Å². The summed E-state index contributed by atoms with van der Waals surface area (Å²) in [7, 11) is 0. The maximum atomic E-state index is 5.53. The van der Waals surface area contributed by atoms with Crippen LogP contribution >= 0.6 is 12.2 Å². The van der Waals surface area contributed by atoms with E-state index >= 15 is 0 Å². The van der Waals surface area contributed by atoms with Gasteiger partial charge >= 0.3 is 0 Å². The second kappa shape index (κ2) is 7.28. The first kappa shape index (κ1) is 18.7. The molecule has 0 bridgehead atoms. The van der Waals surface area contributed by atoms with E-state index in [0.29, 0.717) is 4.77 Å². The largest absolute Gasteiger partial charge is 0.354 e. The molecule has 0 aliphatic carbocycles. The number of hydrogen-bond acceptors (Lipinski definition) is 3. The minimum atomic E-state index is 0.416. The average molecular weight is 434 g/mol. The number of rotatable bonds is 3. The number of aromatic nitrogens is 5. The molecule has 0 radical (unpaired) electrons. The van der Waals surface area contributed by atoms with Crippen molar-refractivity contribution < 1.29 is 0 Å². The number of nitrogens with one attached hydrogen (secondary N) is 3. The van der Waals surface area contributed by atoms with Crippen molar-refractivity contribution in [1.29, 1.82) is 0 Å². The molecule has 0 spiro atoms. The number of H-pyrrole nitrogens is 3. The van der Waals surface area contributed by atoms with E-state index < -0.39 is 0 Å². The number of aromatic amines is 3. The van der Waals surface area contributed by atoms with Crippen molar-refractivity contribution in [2.45, 2.75) is 6.92 Å². The number of nitrogens with zero attached hydrogens (tertiary/aromatic N) is 2. The summed E-state index contributed by atoms with van der Waals surface area (Å²) in [4.78, 5) is 19.6. The Bertz CT molecular complexity index is 1620. The van der Waals surface area contributed by atoms with E-state index in [9.17, 15) is 0 Å². The molecular formula is C26H19N5S. The second-order valence-corrected chi connectivity index (χ2v) is 8.26. The van der Waals surface area contributed by atoms with Gasteiger partial charge in [-0.2, -0.15) is 0 Å². The Labute approximate surface area is 189 Å². The number of para-hydroxylation sites is 2. The zero-order valence-corrected chi connectivity index (χ0v) is 18.1. The Morgan fingerprint density at radius 3 is 2.41 bits per heavy atom. The highest BCUT2D eigenvalue weighted by molar-refractivity contribution is 7.71. The molecule has 0 amide bonds. The standard InChI is InChI=1S/C26H19N5S/c1-15-11-12-18-17(13-15)23(24(27-18)16-7-3-2-4-8-16)21-14-22(31-26(32)30-21)25-28-19-9-5-6-10-20(19)29-25/h2-14,27H,1H3,(H,28,29)(H,30,31,32). The van der Waals surface area contributed by atoms with Crippen molar-refractivity contribution in [2.24, 2.45) is 0 Å². The minimum Gasteiger partial charge on any atom is -0.354 e. The number of hydrogen-bond donors (Lipinski definition) is 3. The summed E-state index contributed by atoms with van der Waals surface area (Å²) >= 11 is 5.53. The fourth-order valence-electron chi connectivity index (χ4n) is 4.19. The molecule has 0 fully saturated rings. The van der Waals surface area contributed by atoms with Crippen LogP contribution in [0, 0.1) is 11.7 Å². The Morgan fingerprint density at radius 2 is 1.56 bits per heavy atom. The lowest BCUT2D eigenvalue weighted by atomic mass is 10.0. The van der Waals surface area contributed by atoms with Crippen LogP contribution in [0.5, 0.6) is 0 Å². The number of imidazole rings is 1. The van der Waals surface area contributed by atoms with Crippen molar-refractivity contribution in [2.75, 3.05) is 0 Å². The van der Waals surface area contributed by atoms with Crippen LogP contribution in [-0.2, 0) is 0 Å². The van der Waals surface area contributed by atoms with Gasteiger partial charge in [-0.05, 0) is 55.0 Å².